The summed E-state index contributed by atoms with van der Waals surface area (Å²) in [7, 11) is 1.40. The highest BCUT2D eigenvalue weighted by Gasteiger charge is 2.07. The first-order valence-electron chi connectivity index (χ1n) is 3.92. The Kier molecular flexibility index (Phi) is 3.55. The summed E-state index contributed by atoms with van der Waals surface area (Å²) >= 11 is 0. The number of rotatable bonds is 4. The number of hydrogen-bond acceptors (Lipinski definition) is 3. The molecule has 1 aromatic rings. The molecule has 4 nitrogen and oxygen atoms in total. The average molecular weight is 199 g/mol. The number of carboxylic acid groups (broad SMARTS) is 1. The number of nitrogens with one attached hydrogen (secondary N) is 1. The molecule has 1 rings (SSSR count). The van der Waals surface area contributed by atoms with Gasteiger partial charge in [-0.25, -0.2) is 9.18 Å². The van der Waals surface area contributed by atoms with Crippen LogP contribution in [0, 0.1) is 5.82 Å². The molecule has 76 valence electrons. The van der Waals surface area contributed by atoms with Gasteiger partial charge in [0.2, 0.25) is 0 Å². The van der Waals surface area contributed by atoms with E-state index in [-0.39, 0.29) is 17.7 Å². The van der Waals surface area contributed by atoms with Gasteiger partial charge < -0.3 is 9.94 Å². The van der Waals surface area contributed by atoms with Crippen LogP contribution in [0.2, 0.25) is 0 Å². The topological polar surface area (TPSA) is 58.6 Å². The monoisotopic (exact) mass is 199 g/mol. The highest BCUT2D eigenvalue weighted by Crippen LogP contribution is 2.10. The molecule has 0 fully saturated rings. The molecule has 0 radical (unpaired) electrons. The molecule has 0 saturated carbocycles. The predicted molar refractivity (Wildman–Crippen MR) is 47.2 cm³/mol. The number of carboxylic acids is 1. The fourth-order valence-corrected chi connectivity index (χ4v) is 0.993. The van der Waals surface area contributed by atoms with Crippen molar-refractivity contribution in [2.24, 2.45) is 0 Å². The quantitative estimate of drug-likeness (QED) is 0.715. The summed E-state index contributed by atoms with van der Waals surface area (Å²) in [6, 6.07) is 3.60. The van der Waals surface area contributed by atoms with E-state index < -0.39 is 11.8 Å². The molecular formula is C9H10FNO3. The highest BCUT2D eigenvalue weighted by atomic mass is 19.1. The van der Waals surface area contributed by atoms with Crippen molar-refractivity contribution in [2.45, 2.75) is 6.54 Å². The van der Waals surface area contributed by atoms with Gasteiger partial charge in [0.05, 0.1) is 12.7 Å². The molecule has 0 unspecified atom stereocenters. The van der Waals surface area contributed by atoms with Crippen LogP contribution in [0.4, 0.5) is 4.39 Å². The van der Waals surface area contributed by atoms with Gasteiger partial charge in [0.1, 0.15) is 5.82 Å². The van der Waals surface area contributed by atoms with Crippen molar-refractivity contribution >= 4 is 5.97 Å². The molecular weight excluding hydrogens is 189 g/mol. The van der Waals surface area contributed by atoms with E-state index in [2.05, 4.69) is 10.3 Å². The van der Waals surface area contributed by atoms with Crippen LogP contribution in [0.5, 0.6) is 0 Å². The molecule has 2 N–H and O–H groups in total. The van der Waals surface area contributed by atoms with Crippen molar-refractivity contribution in [2.75, 3.05) is 7.11 Å². The number of benzene rings is 1. The number of hydrogen-bond donors (Lipinski definition) is 2. The Labute approximate surface area is 80.3 Å². The first-order valence-corrected chi connectivity index (χ1v) is 3.92. The molecule has 0 spiro atoms. The zero-order chi connectivity index (χ0) is 10.6. The van der Waals surface area contributed by atoms with Crippen molar-refractivity contribution in [1.29, 1.82) is 0 Å². The van der Waals surface area contributed by atoms with Gasteiger partial charge in [-0.3, -0.25) is 0 Å². The molecule has 0 saturated heterocycles. The summed E-state index contributed by atoms with van der Waals surface area (Å²) in [6.45, 7) is 0.128. The van der Waals surface area contributed by atoms with Crippen LogP contribution >= 0.6 is 0 Å². The predicted octanol–water partition coefficient (Wildman–Crippen LogP) is 1.17. The van der Waals surface area contributed by atoms with E-state index in [0.717, 1.165) is 6.07 Å². The van der Waals surface area contributed by atoms with Crippen LogP contribution < -0.4 is 5.48 Å². The lowest BCUT2D eigenvalue weighted by Crippen LogP contribution is -2.12. The average Bonchev–Trinajstić information content (AvgIpc) is 2.16. The van der Waals surface area contributed by atoms with Crippen molar-refractivity contribution in [1.82, 2.24) is 5.48 Å². The van der Waals surface area contributed by atoms with Crippen molar-refractivity contribution in [3.05, 3.63) is 35.1 Å². The van der Waals surface area contributed by atoms with Crippen molar-refractivity contribution < 1.29 is 19.1 Å². The zero-order valence-electron chi connectivity index (χ0n) is 7.58. The SMILES string of the molecule is CONCc1cc(C(=O)O)ccc1F. The minimum Gasteiger partial charge on any atom is -0.478 e. The van der Waals surface area contributed by atoms with E-state index >= 15 is 0 Å². The summed E-state index contributed by atoms with van der Waals surface area (Å²) in [6.07, 6.45) is 0. The van der Waals surface area contributed by atoms with E-state index in [1.807, 2.05) is 0 Å². The van der Waals surface area contributed by atoms with Gasteiger partial charge in [-0.15, -0.1) is 0 Å². The van der Waals surface area contributed by atoms with E-state index in [9.17, 15) is 9.18 Å². The van der Waals surface area contributed by atoms with Gasteiger partial charge >= 0.3 is 5.97 Å². The third kappa shape index (κ3) is 2.51. The largest absolute Gasteiger partial charge is 0.478 e. The number of carbonyl (C=O) groups is 1. The van der Waals surface area contributed by atoms with Crippen LogP contribution in [-0.4, -0.2) is 18.2 Å². The molecule has 5 heteroatoms. The van der Waals surface area contributed by atoms with E-state index in [4.69, 9.17) is 5.11 Å². The third-order valence-corrected chi connectivity index (χ3v) is 1.70. The highest BCUT2D eigenvalue weighted by molar-refractivity contribution is 5.87. The second-order valence-corrected chi connectivity index (χ2v) is 2.64. The fourth-order valence-electron chi connectivity index (χ4n) is 0.993. The van der Waals surface area contributed by atoms with Gasteiger partial charge in [0.15, 0.2) is 0 Å². The molecule has 0 aromatic heterocycles. The van der Waals surface area contributed by atoms with Gasteiger partial charge in [0.25, 0.3) is 0 Å². The van der Waals surface area contributed by atoms with E-state index in [0.29, 0.717) is 0 Å². The van der Waals surface area contributed by atoms with Gasteiger partial charge in [-0.1, -0.05) is 0 Å². The Bertz CT molecular complexity index is 341. The maximum atomic E-state index is 13.1. The second kappa shape index (κ2) is 4.69. The summed E-state index contributed by atoms with van der Waals surface area (Å²) in [5, 5.41) is 8.65. The van der Waals surface area contributed by atoms with Gasteiger partial charge in [-0.2, -0.15) is 5.48 Å². The number of hydroxylamine groups is 1. The molecule has 0 aliphatic carbocycles. The Balaban J connectivity index is 2.90. The van der Waals surface area contributed by atoms with Gasteiger partial charge in [-0.05, 0) is 18.2 Å². The Morgan fingerprint density at radius 1 is 1.64 bits per heavy atom. The first kappa shape index (κ1) is 10.6. The molecule has 0 amide bonds. The molecule has 0 heterocycles. The maximum absolute atomic E-state index is 13.1. The van der Waals surface area contributed by atoms with Gasteiger partial charge in [0, 0.05) is 12.1 Å². The van der Waals surface area contributed by atoms with Crippen molar-refractivity contribution in [3.63, 3.8) is 0 Å². The minimum absolute atomic E-state index is 0.0549. The molecule has 0 aliphatic heterocycles. The Hall–Kier alpha value is -1.46. The van der Waals surface area contributed by atoms with E-state index in [1.165, 1.54) is 19.2 Å². The van der Waals surface area contributed by atoms with Crippen LogP contribution in [0.25, 0.3) is 0 Å². The molecule has 14 heavy (non-hydrogen) atoms. The van der Waals surface area contributed by atoms with Crippen molar-refractivity contribution in [3.8, 4) is 0 Å². The minimum atomic E-state index is -1.08. The summed E-state index contributed by atoms with van der Waals surface area (Å²) in [4.78, 5) is 15.1. The fraction of sp³-hybridized carbons (Fsp3) is 0.222. The Morgan fingerprint density at radius 3 is 2.93 bits per heavy atom. The maximum Gasteiger partial charge on any atom is 0.335 e. The number of halogens is 1. The Morgan fingerprint density at radius 2 is 2.36 bits per heavy atom. The lowest BCUT2D eigenvalue weighted by atomic mass is 10.1. The molecule has 1 aromatic carbocycles. The molecule has 0 aliphatic rings. The standard InChI is InChI=1S/C9H10FNO3/c1-14-11-5-7-4-6(9(12)13)2-3-8(7)10/h2-4,11H,5H2,1H3,(H,12,13). The summed E-state index contributed by atoms with van der Waals surface area (Å²) < 4.78 is 13.1. The van der Waals surface area contributed by atoms with Crippen LogP contribution in [0.3, 0.4) is 0 Å². The number of aromatic carboxylic acids is 1. The molecule has 0 atom stereocenters. The summed E-state index contributed by atoms with van der Waals surface area (Å²) in [5.74, 6) is -1.54. The smallest absolute Gasteiger partial charge is 0.335 e. The lowest BCUT2D eigenvalue weighted by molar-refractivity contribution is 0.0695. The van der Waals surface area contributed by atoms with Crippen LogP contribution in [0.1, 0.15) is 15.9 Å². The first-order chi connectivity index (χ1) is 6.65. The molecule has 0 bridgehead atoms. The van der Waals surface area contributed by atoms with Crippen LogP contribution in [-0.2, 0) is 11.4 Å². The normalized spacial score (nSPS) is 10.1. The summed E-state index contributed by atoms with van der Waals surface area (Å²) in [5.41, 5.74) is 2.75. The second-order valence-electron chi connectivity index (χ2n) is 2.64. The lowest BCUT2D eigenvalue weighted by Gasteiger charge is -2.04. The van der Waals surface area contributed by atoms with E-state index in [1.54, 1.807) is 0 Å². The third-order valence-electron chi connectivity index (χ3n) is 1.70. The van der Waals surface area contributed by atoms with Crippen LogP contribution in [0.15, 0.2) is 18.2 Å². The zero-order valence-corrected chi connectivity index (χ0v) is 7.58.